The fourth-order valence-corrected chi connectivity index (χ4v) is 1.96. The molecule has 0 aliphatic heterocycles. The van der Waals surface area contributed by atoms with Crippen LogP contribution in [0.25, 0.3) is 0 Å². The Morgan fingerprint density at radius 1 is 1.30 bits per heavy atom. The SMILES string of the molecule is CC1C=C2CCC=C2CC1. The van der Waals surface area contributed by atoms with Crippen LogP contribution in [0.15, 0.2) is 23.3 Å². The summed E-state index contributed by atoms with van der Waals surface area (Å²) >= 11 is 0. The molecule has 10 heavy (non-hydrogen) atoms. The molecule has 1 atom stereocenters. The topological polar surface area (TPSA) is 0 Å². The van der Waals surface area contributed by atoms with Crippen molar-refractivity contribution in [2.75, 3.05) is 0 Å². The number of fused-ring (bicyclic) bond motifs is 1. The van der Waals surface area contributed by atoms with Gasteiger partial charge in [-0.05, 0) is 42.7 Å². The quantitative estimate of drug-likeness (QED) is 0.477. The molecule has 0 spiro atoms. The molecule has 0 N–H and O–H groups in total. The van der Waals surface area contributed by atoms with Gasteiger partial charge in [0.1, 0.15) is 0 Å². The summed E-state index contributed by atoms with van der Waals surface area (Å²) in [5.41, 5.74) is 3.30. The maximum atomic E-state index is 2.46. The smallest absolute Gasteiger partial charge is 0.0244 e. The maximum Gasteiger partial charge on any atom is -0.0244 e. The fourth-order valence-electron chi connectivity index (χ4n) is 1.96. The second kappa shape index (κ2) is 2.26. The molecule has 0 radical (unpaired) electrons. The van der Waals surface area contributed by atoms with Crippen molar-refractivity contribution in [1.29, 1.82) is 0 Å². The summed E-state index contributed by atoms with van der Waals surface area (Å²) in [4.78, 5) is 0. The van der Waals surface area contributed by atoms with E-state index in [4.69, 9.17) is 0 Å². The Morgan fingerprint density at radius 3 is 3.10 bits per heavy atom. The van der Waals surface area contributed by atoms with Gasteiger partial charge in [0.25, 0.3) is 0 Å². The normalized spacial score (nSPS) is 31.1. The first-order valence-electron chi connectivity index (χ1n) is 4.26. The second-order valence-corrected chi connectivity index (χ2v) is 3.48. The van der Waals surface area contributed by atoms with Crippen molar-refractivity contribution in [2.24, 2.45) is 5.92 Å². The molecule has 0 aromatic heterocycles. The van der Waals surface area contributed by atoms with E-state index in [9.17, 15) is 0 Å². The van der Waals surface area contributed by atoms with Gasteiger partial charge in [0.15, 0.2) is 0 Å². The highest BCUT2D eigenvalue weighted by Crippen LogP contribution is 2.34. The molecule has 0 heteroatoms. The van der Waals surface area contributed by atoms with Gasteiger partial charge in [-0.2, -0.15) is 0 Å². The summed E-state index contributed by atoms with van der Waals surface area (Å²) in [5, 5.41) is 0. The molecule has 0 saturated heterocycles. The molecule has 2 aliphatic carbocycles. The van der Waals surface area contributed by atoms with Gasteiger partial charge in [-0.25, -0.2) is 0 Å². The lowest BCUT2D eigenvalue weighted by Gasteiger charge is -2.16. The lowest BCUT2D eigenvalue weighted by atomic mass is 9.89. The van der Waals surface area contributed by atoms with Crippen LogP contribution < -0.4 is 0 Å². The lowest BCUT2D eigenvalue weighted by molar-refractivity contribution is 0.620. The monoisotopic (exact) mass is 134 g/mol. The van der Waals surface area contributed by atoms with Gasteiger partial charge in [0.2, 0.25) is 0 Å². The standard InChI is InChI=1S/C10H14/c1-8-5-6-9-3-2-4-10(9)7-8/h3,7-8H,2,4-6H2,1H3. The van der Waals surface area contributed by atoms with Crippen molar-refractivity contribution in [3.05, 3.63) is 23.3 Å². The van der Waals surface area contributed by atoms with Crippen LogP contribution in [0, 0.1) is 5.92 Å². The van der Waals surface area contributed by atoms with Crippen LogP contribution in [0.2, 0.25) is 0 Å². The summed E-state index contributed by atoms with van der Waals surface area (Å²) in [6.07, 6.45) is 10.2. The van der Waals surface area contributed by atoms with Gasteiger partial charge in [0, 0.05) is 0 Å². The van der Waals surface area contributed by atoms with Crippen molar-refractivity contribution < 1.29 is 0 Å². The molecule has 0 aromatic rings. The van der Waals surface area contributed by atoms with Crippen molar-refractivity contribution in [2.45, 2.75) is 32.6 Å². The van der Waals surface area contributed by atoms with E-state index in [1.807, 2.05) is 0 Å². The molecule has 2 aliphatic rings. The Kier molecular flexibility index (Phi) is 1.40. The molecule has 0 bridgehead atoms. The lowest BCUT2D eigenvalue weighted by Crippen LogP contribution is -2.00. The Balaban J connectivity index is 2.27. The summed E-state index contributed by atoms with van der Waals surface area (Å²) in [6.45, 7) is 2.32. The zero-order valence-corrected chi connectivity index (χ0v) is 6.56. The van der Waals surface area contributed by atoms with Crippen LogP contribution in [-0.2, 0) is 0 Å². The van der Waals surface area contributed by atoms with Crippen molar-refractivity contribution in [3.8, 4) is 0 Å². The predicted molar refractivity (Wildman–Crippen MR) is 43.8 cm³/mol. The fraction of sp³-hybridized carbons (Fsp3) is 0.600. The number of allylic oxidation sites excluding steroid dienone is 4. The second-order valence-electron chi connectivity index (χ2n) is 3.48. The molecule has 54 valence electrons. The van der Waals surface area contributed by atoms with Gasteiger partial charge in [0.05, 0.1) is 0 Å². The summed E-state index contributed by atoms with van der Waals surface area (Å²) in [5.74, 6) is 0.838. The van der Waals surface area contributed by atoms with Crippen LogP contribution in [0.5, 0.6) is 0 Å². The number of hydrogen-bond acceptors (Lipinski definition) is 0. The average molecular weight is 134 g/mol. The number of rotatable bonds is 0. The first-order valence-corrected chi connectivity index (χ1v) is 4.26. The van der Waals surface area contributed by atoms with E-state index >= 15 is 0 Å². The zero-order valence-electron chi connectivity index (χ0n) is 6.56. The molecule has 0 fully saturated rings. The van der Waals surface area contributed by atoms with E-state index in [1.165, 1.54) is 25.7 Å². The number of hydrogen-bond donors (Lipinski definition) is 0. The van der Waals surface area contributed by atoms with Crippen LogP contribution in [-0.4, -0.2) is 0 Å². The third-order valence-corrected chi connectivity index (χ3v) is 2.57. The molecule has 0 saturated carbocycles. The molecule has 0 heterocycles. The van der Waals surface area contributed by atoms with Crippen molar-refractivity contribution in [3.63, 3.8) is 0 Å². The minimum absolute atomic E-state index is 0.838. The van der Waals surface area contributed by atoms with Crippen LogP contribution in [0.1, 0.15) is 32.6 Å². The van der Waals surface area contributed by atoms with Crippen molar-refractivity contribution in [1.82, 2.24) is 0 Å². The van der Waals surface area contributed by atoms with Gasteiger partial charge in [-0.15, -0.1) is 0 Å². The van der Waals surface area contributed by atoms with Crippen LogP contribution >= 0.6 is 0 Å². The Bertz CT molecular complexity index is 196. The molecule has 2 rings (SSSR count). The van der Waals surface area contributed by atoms with E-state index < -0.39 is 0 Å². The zero-order chi connectivity index (χ0) is 6.97. The Hall–Kier alpha value is -0.520. The minimum Gasteiger partial charge on any atom is -0.0807 e. The molecule has 0 aromatic carbocycles. The third-order valence-electron chi connectivity index (χ3n) is 2.57. The van der Waals surface area contributed by atoms with E-state index in [-0.39, 0.29) is 0 Å². The summed E-state index contributed by atoms with van der Waals surface area (Å²) in [6, 6.07) is 0. The molecule has 1 unspecified atom stereocenters. The highest BCUT2D eigenvalue weighted by Gasteiger charge is 2.17. The Morgan fingerprint density at radius 2 is 2.20 bits per heavy atom. The Labute approximate surface area is 62.6 Å². The summed E-state index contributed by atoms with van der Waals surface area (Å²) in [7, 11) is 0. The maximum absolute atomic E-state index is 2.46. The van der Waals surface area contributed by atoms with Crippen molar-refractivity contribution >= 4 is 0 Å². The summed E-state index contributed by atoms with van der Waals surface area (Å²) < 4.78 is 0. The first kappa shape index (κ1) is 6.21. The van der Waals surface area contributed by atoms with Crippen LogP contribution in [0.4, 0.5) is 0 Å². The third kappa shape index (κ3) is 0.920. The van der Waals surface area contributed by atoms with Gasteiger partial charge >= 0.3 is 0 Å². The van der Waals surface area contributed by atoms with E-state index in [0.717, 1.165) is 5.92 Å². The van der Waals surface area contributed by atoms with Crippen LogP contribution in [0.3, 0.4) is 0 Å². The van der Waals surface area contributed by atoms with E-state index in [0.29, 0.717) is 0 Å². The molecular formula is C10H14. The van der Waals surface area contributed by atoms with Gasteiger partial charge in [-0.1, -0.05) is 19.1 Å². The van der Waals surface area contributed by atoms with Gasteiger partial charge < -0.3 is 0 Å². The molecule has 0 nitrogen and oxygen atoms in total. The van der Waals surface area contributed by atoms with Gasteiger partial charge in [-0.3, -0.25) is 0 Å². The predicted octanol–water partition coefficient (Wildman–Crippen LogP) is 3.06. The molecule has 0 amide bonds. The van der Waals surface area contributed by atoms with E-state index in [1.54, 1.807) is 11.1 Å². The highest BCUT2D eigenvalue weighted by atomic mass is 14.2. The highest BCUT2D eigenvalue weighted by molar-refractivity contribution is 5.38. The van der Waals surface area contributed by atoms with E-state index in [2.05, 4.69) is 19.1 Å². The largest absolute Gasteiger partial charge is 0.0807 e. The average Bonchev–Trinajstić information content (AvgIpc) is 2.33. The first-order chi connectivity index (χ1) is 4.86. The molecular weight excluding hydrogens is 120 g/mol. The minimum atomic E-state index is 0.838.